The van der Waals surface area contributed by atoms with Crippen molar-refractivity contribution in [1.82, 2.24) is 5.01 Å². The molecular weight excluding hydrogens is 116 g/mol. The molecule has 1 unspecified atom stereocenters. The van der Waals surface area contributed by atoms with Crippen molar-refractivity contribution in [2.75, 3.05) is 20.2 Å². The van der Waals surface area contributed by atoms with Gasteiger partial charge in [-0.15, -0.1) is 0 Å². The van der Waals surface area contributed by atoms with Crippen LogP contribution in [0.15, 0.2) is 0 Å². The molecule has 0 bridgehead atoms. The molecule has 56 valence electrons. The lowest BCUT2D eigenvalue weighted by molar-refractivity contribution is 0.177. The number of aliphatic hydroxyl groups is 1. The van der Waals surface area contributed by atoms with Crippen molar-refractivity contribution < 1.29 is 5.11 Å². The van der Waals surface area contributed by atoms with Crippen molar-refractivity contribution in [3.05, 3.63) is 0 Å². The molecule has 3 N–H and O–H groups in total. The van der Waals surface area contributed by atoms with Gasteiger partial charge in [-0.05, 0) is 12.3 Å². The first-order valence-electron chi connectivity index (χ1n) is 3.27. The predicted octanol–water partition coefficient (Wildman–Crippen LogP) is -0.190. The molecule has 0 aromatic rings. The van der Waals surface area contributed by atoms with Gasteiger partial charge in [0.25, 0.3) is 0 Å². The van der Waals surface area contributed by atoms with E-state index >= 15 is 0 Å². The molecule has 0 spiro atoms. The zero-order valence-corrected chi connectivity index (χ0v) is 6.17. The van der Waals surface area contributed by atoms with Gasteiger partial charge in [0.15, 0.2) is 0 Å². The Hall–Kier alpha value is -0.120. The number of hydrazine groups is 1. The van der Waals surface area contributed by atoms with Gasteiger partial charge in [0.1, 0.15) is 0 Å². The van der Waals surface area contributed by atoms with Gasteiger partial charge in [0.05, 0.1) is 0 Å². The summed E-state index contributed by atoms with van der Waals surface area (Å²) >= 11 is 0. The van der Waals surface area contributed by atoms with Crippen LogP contribution in [0.25, 0.3) is 0 Å². The Morgan fingerprint density at radius 2 is 2.22 bits per heavy atom. The van der Waals surface area contributed by atoms with E-state index in [9.17, 15) is 0 Å². The van der Waals surface area contributed by atoms with E-state index in [2.05, 4.69) is 0 Å². The van der Waals surface area contributed by atoms with E-state index in [1.165, 1.54) is 0 Å². The summed E-state index contributed by atoms with van der Waals surface area (Å²) in [5, 5.41) is 10.3. The highest BCUT2D eigenvalue weighted by molar-refractivity contribution is 4.55. The van der Waals surface area contributed by atoms with Crippen LogP contribution in [0.3, 0.4) is 0 Å². The predicted molar refractivity (Wildman–Crippen MR) is 37.7 cm³/mol. The van der Waals surface area contributed by atoms with Crippen LogP contribution in [-0.4, -0.2) is 30.3 Å². The van der Waals surface area contributed by atoms with Gasteiger partial charge in [-0.2, -0.15) is 0 Å². The number of nitrogens with two attached hydrogens (primary N) is 1. The van der Waals surface area contributed by atoms with Gasteiger partial charge in [-0.25, -0.2) is 5.01 Å². The summed E-state index contributed by atoms with van der Waals surface area (Å²) in [6.07, 6.45) is 0.984. The minimum atomic E-state index is 0.234. The third kappa shape index (κ3) is 4.39. The highest BCUT2D eigenvalue weighted by Gasteiger charge is 2.04. The minimum Gasteiger partial charge on any atom is -0.396 e. The van der Waals surface area contributed by atoms with Crippen LogP contribution in [0, 0.1) is 5.92 Å². The number of hydrogen-bond acceptors (Lipinski definition) is 3. The number of hydrogen-bond donors (Lipinski definition) is 2. The zero-order valence-electron chi connectivity index (χ0n) is 6.17. The fourth-order valence-electron chi connectivity index (χ4n) is 0.723. The van der Waals surface area contributed by atoms with Gasteiger partial charge in [-0.1, -0.05) is 6.92 Å². The molecular formula is C6H16N2O. The molecule has 3 heteroatoms. The second kappa shape index (κ2) is 4.73. The van der Waals surface area contributed by atoms with Crippen molar-refractivity contribution in [1.29, 1.82) is 0 Å². The lowest BCUT2D eigenvalue weighted by Crippen LogP contribution is -2.32. The fraction of sp³-hybridized carbons (Fsp3) is 1.00. The Labute approximate surface area is 56.4 Å². The molecule has 0 fully saturated rings. The Morgan fingerprint density at radius 3 is 2.33 bits per heavy atom. The third-order valence-corrected chi connectivity index (χ3v) is 1.38. The fourth-order valence-corrected chi connectivity index (χ4v) is 0.723. The van der Waals surface area contributed by atoms with E-state index in [4.69, 9.17) is 10.9 Å². The molecule has 0 rings (SSSR count). The van der Waals surface area contributed by atoms with Crippen LogP contribution >= 0.6 is 0 Å². The smallest absolute Gasteiger partial charge is 0.0471 e. The molecule has 0 aliphatic carbocycles. The Morgan fingerprint density at radius 1 is 1.67 bits per heavy atom. The summed E-state index contributed by atoms with van der Waals surface area (Å²) in [6.45, 7) is 3.05. The average molecular weight is 132 g/mol. The van der Waals surface area contributed by atoms with E-state index in [1.807, 2.05) is 6.92 Å². The molecule has 0 aliphatic heterocycles. The van der Waals surface area contributed by atoms with Crippen LogP contribution < -0.4 is 5.84 Å². The maximum atomic E-state index is 8.69. The summed E-state index contributed by atoms with van der Waals surface area (Å²) in [4.78, 5) is 0. The maximum Gasteiger partial charge on any atom is 0.0471 e. The molecule has 0 aromatic heterocycles. The molecule has 0 saturated carbocycles. The monoisotopic (exact) mass is 132 g/mol. The van der Waals surface area contributed by atoms with Crippen LogP contribution in [0.1, 0.15) is 13.3 Å². The Bertz CT molecular complexity index is 62.1. The summed E-state index contributed by atoms with van der Waals surface area (Å²) in [5.41, 5.74) is 0. The number of rotatable bonds is 4. The van der Waals surface area contributed by atoms with Crippen molar-refractivity contribution in [3.63, 3.8) is 0 Å². The van der Waals surface area contributed by atoms with Crippen molar-refractivity contribution in [2.24, 2.45) is 11.8 Å². The molecule has 0 aliphatic rings. The largest absolute Gasteiger partial charge is 0.396 e. The molecule has 0 radical (unpaired) electrons. The standard InChI is InChI=1S/C6H16N2O/c1-3-6(5-9)4-8(2)7/h6,9H,3-5,7H2,1-2H3. The van der Waals surface area contributed by atoms with Gasteiger partial charge in [-0.3, -0.25) is 5.84 Å². The van der Waals surface area contributed by atoms with Crippen LogP contribution in [0.5, 0.6) is 0 Å². The summed E-state index contributed by atoms with van der Waals surface area (Å²) in [7, 11) is 1.80. The first kappa shape index (κ1) is 8.88. The topological polar surface area (TPSA) is 49.5 Å². The van der Waals surface area contributed by atoms with E-state index in [0.29, 0.717) is 5.92 Å². The average Bonchev–Trinajstić information content (AvgIpc) is 1.82. The molecule has 9 heavy (non-hydrogen) atoms. The first-order valence-corrected chi connectivity index (χ1v) is 3.27. The molecule has 0 amide bonds. The Kier molecular flexibility index (Phi) is 4.67. The lowest BCUT2D eigenvalue weighted by Gasteiger charge is -2.16. The molecule has 0 heterocycles. The first-order chi connectivity index (χ1) is 4.20. The molecule has 1 atom stereocenters. The van der Waals surface area contributed by atoms with E-state index in [1.54, 1.807) is 12.1 Å². The van der Waals surface area contributed by atoms with Crippen LogP contribution in [0.2, 0.25) is 0 Å². The van der Waals surface area contributed by atoms with Crippen LogP contribution in [0.4, 0.5) is 0 Å². The van der Waals surface area contributed by atoms with Gasteiger partial charge in [0.2, 0.25) is 0 Å². The summed E-state index contributed by atoms with van der Waals surface area (Å²) in [5.74, 6) is 5.70. The van der Waals surface area contributed by atoms with E-state index in [0.717, 1.165) is 13.0 Å². The number of nitrogens with zero attached hydrogens (tertiary/aromatic N) is 1. The van der Waals surface area contributed by atoms with E-state index < -0.39 is 0 Å². The lowest BCUT2D eigenvalue weighted by atomic mass is 10.1. The Balaban J connectivity index is 3.31. The normalized spacial score (nSPS) is 14.3. The summed E-state index contributed by atoms with van der Waals surface area (Å²) < 4.78 is 0. The second-order valence-corrected chi connectivity index (χ2v) is 2.40. The molecule has 3 nitrogen and oxygen atoms in total. The quantitative estimate of drug-likeness (QED) is 0.412. The van der Waals surface area contributed by atoms with Gasteiger partial charge in [0, 0.05) is 20.2 Å². The highest BCUT2D eigenvalue weighted by atomic mass is 16.3. The SMILES string of the molecule is CCC(CO)CN(C)N. The van der Waals surface area contributed by atoms with Gasteiger partial charge >= 0.3 is 0 Å². The van der Waals surface area contributed by atoms with Crippen LogP contribution in [-0.2, 0) is 0 Å². The number of aliphatic hydroxyl groups excluding tert-OH is 1. The van der Waals surface area contributed by atoms with Gasteiger partial charge < -0.3 is 5.11 Å². The third-order valence-electron chi connectivity index (χ3n) is 1.38. The van der Waals surface area contributed by atoms with Crippen molar-refractivity contribution in [3.8, 4) is 0 Å². The maximum absolute atomic E-state index is 8.69. The second-order valence-electron chi connectivity index (χ2n) is 2.40. The zero-order chi connectivity index (χ0) is 7.28. The van der Waals surface area contributed by atoms with E-state index in [-0.39, 0.29) is 6.61 Å². The van der Waals surface area contributed by atoms with Crippen molar-refractivity contribution in [2.45, 2.75) is 13.3 Å². The minimum absolute atomic E-state index is 0.234. The van der Waals surface area contributed by atoms with Crippen molar-refractivity contribution >= 4 is 0 Å². The summed E-state index contributed by atoms with van der Waals surface area (Å²) in [6, 6.07) is 0. The molecule has 0 aromatic carbocycles. The highest BCUT2D eigenvalue weighted by Crippen LogP contribution is 1.99. The molecule has 0 saturated heterocycles.